The van der Waals surface area contributed by atoms with Gasteiger partial charge >= 0.3 is 5.69 Å². The van der Waals surface area contributed by atoms with E-state index < -0.39 is 0 Å². The summed E-state index contributed by atoms with van der Waals surface area (Å²) in [6.45, 7) is 0. The molecule has 1 N–H and O–H groups in total. The van der Waals surface area contributed by atoms with Crippen LogP contribution < -0.4 is 5.69 Å². The van der Waals surface area contributed by atoms with Crippen molar-refractivity contribution in [3.63, 3.8) is 0 Å². The third-order valence-electron chi connectivity index (χ3n) is 3.21. The number of hydrogen-bond acceptors (Lipinski definition) is 4. The molecule has 102 valence electrons. The van der Waals surface area contributed by atoms with Crippen molar-refractivity contribution in [3.05, 3.63) is 64.4 Å². The molecule has 3 heterocycles. The lowest BCUT2D eigenvalue weighted by Gasteiger charge is -2.00. The first-order valence-corrected chi connectivity index (χ1v) is 7.32. The predicted octanol–water partition coefficient (Wildman–Crippen LogP) is 3.91. The smallest absolute Gasteiger partial charge is 0.346 e. The highest BCUT2D eigenvalue weighted by molar-refractivity contribution is 7.13. The number of hydrogen-bond donors (Lipinski definition) is 1. The van der Waals surface area contributed by atoms with Crippen LogP contribution in [0.4, 0.5) is 0 Å². The first kappa shape index (κ1) is 12.1. The van der Waals surface area contributed by atoms with Crippen LogP contribution in [0.25, 0.3) is 33.0 Å². The molecule has 3 aromatic heterocycles. The number of aromatic amines is 1. The van der Waals surface area contributed by atoms with Crippen molar-refractivity contribution in [1.29, 1.82) is 0 Å². The third kappa shape index (κ3) is 2.17. The molecule has 4 aromatic rings. The second-order valence-electron chi connectivity index (χ2n) is 4.61. The molecule has 5 heteroatoms. The number of rotatable bonds is 2. The summed E-state index contributed by atoms with van der Waals surface area (Å²) in [6, 6.07) is 15.4. The molecule has 0 saturated carbocycles. The largest absolute Gasteiger partial charge is 0.454 e. The van der Waals surface area contributed by atoms with Gasteiger partial charge in [0.1, 0.15) is 11.3 Å². The number of nitrogens with zero attached hydrogens (tertiary/aromatic N) is 1. The minimum absolute atomic E-state index is 0.378. The minimum Gasteiger partial charge on any atom is -0.454 e. The maximum atomic E-state index is 11.8. The summed E-state index contributed by atoms with van der Waals surface area (Å²) >= 11 is 1.57. The van der Waals surface area contributed by atoms with Crippen molar-refractivity contribution in [1.82, 2.24) is 9.97 Å². The molecule has 0 aliphatic rings. The minimum atomic E-state index is -0.378. The fourth-order valence-corrected chi connectivity index (χ4v) is 2.95. The van der Waals surface area contributed by atoms with Gasteiger partial charge in [-0.3, -0.25) is 0 Å². The zero-order valence-electron chi connectivity index (χ0n) is 10.9. The zero-order valence-corrected chi connectivity index (χ0v) is 11.7. The van der Waals surface area contributed by atoms with E-state index in [2.05, 4.69) is 9.97 Å². The Bertz CT molecular complexity index is 934. The molecule has 4 rings (SSSR count). The van der Waals surface area contributed by atoms with Gasteiger partial charge in [-0.05, 0) is 29.6 Å². The number of H-pyrrole nitrogens is 1. The summed E-state index contributed by atoms with van der Waals surface area (Å²) in [4.78, 5) is 19.5. The van der Waals surface area contributed by atoms with Crippen molar-refractivity contribution in [3.8, 4) is 22.0 Å². The first-order valence-electron chi connectivity index (χ1n) is 6.44. The highest BCUT2D eigenvalue weighted by Crippen LogP contribution is 2.28. The number of benzene rings is 1. The fourth-order valence-electron chi connectivity index (χ4n) is 2.26. The number of thiophene rings is 1. The van der Waals surface area contributed by atoms with Gasteiger partial charge in [-0.1, -0.05) is 24.3 Å². The van der Waals surface area contributed by atoms with Crippen LogP contribution in [0, 0.1) is 0 Å². The van der Waals surface area contributed by atoms with E-state index in [-0.39, 0.29) is 5.69 Å². The molecule has 0 atom stereocenters. The molecule has 0 amide bonds. The average molecular weight is 294 g/mol. The summed E-state index contributed by atoms with van der Waals surface area (Å²) in [7, 11) is 0. The zero-order chi connectivity index (χ0) is 14.2. The molecule has 1 aromatic carbocycles. The Morgan fingerprint density at radius 1 is 1.10 bits per heavy atom. The van der Waals surface area contributed by atoms with Crippen LogP contribution in [0.2, 0.25) is 0 Å². The van der Waals surface area contributed by atoms with Gasteiger partial charge in [0.25, 0.3) is 0 Å². The van der Waals surface area contributed by atoms with E-state index in [1.165, 1.54) is 0 Å². The second kappa shape index (κ2) is 4.71. The van der Waals surface area contributed by atoms with E-state index in [0.717, 1.165) is 21.5 Å². The Balaban J connectivity index is 1.90. The molecular formula is C16H10N2O2S. The van der Waals surface area contributed by atoms with Crippen LogP contribution in [0.3, 0.4) is 0 Å². The van der Waals surface area contributed by atoms with Gasteiger partial charge in [0.15, 0.2) is 5.76 Å². The van der Waals surface area contributed by atoms with Crippen molar-refractivity contribution in [2.45, 2.75) is 0 Å². The normalized spacial score (nSPS) is 11.0. The summed E-state index contributed by atoms with van der Waals surface area (Å²) < 4.78 is 5.77. The van der Waals surface area contributed by atoms with Crippen LogP contribution in [-0.2, 0) is 0 Å². The van der Waals surface area contributed by atoms with E-state index in [9.17, 15) is 4.79 Å². The van der Waals surface area contributed by atoms with E-state index in [1.807, 2.05) is 53.9 Å². The SMILES string of the molecule is O=c1nc(-c2cc3ccccc3o2)cc(-c2cccs2)[nH]1. The Morgan fingerprint density at radius 3 is 2.81 bits per heavy atom. The number of para-hydroxylation sites is 1. The fraction of sp³-hybridized carbons (Fsp3) is 0. The Morgan fingerprint density at radius 2 is 2.00 bits per heavy atom. The van der Waals surface area contributed by atoms with Gasteiger partial charge in [0.05, 0.1) is 10.6 Å². The van der Waals surface area contributed by atoms with Crippen molar-refractivity contribution >= 4 is 22.3 Å². The van der Waals surface area contributed by atoms with Gasteiger partial charge in [0, 0.05) is 5.39 Å². The topological polar surface area (TPSA) is 58.9 Å². The molecule has 4 nitrogen and oxygen atoms in total. The number of furan rings is 1. The first-order chi connectivity index (χ1) is 10.3. The maximum Gasteiger partial charge on any atom is 0.346 e. The maximum absolute atomic E-state index is 11.8. The average Bonchev–Trinajstić information content (AvgIpc) is 3.16. The summed E-state index contributed by atoms with van der Waals surface area (Å²) in [5, 5.41) is 2.96. The second-order valence-corrected chi connectivity index (χ2v) is 5.56. The highest BCUT2D eigenvalue weighted by atomic mass is 32.1. The van der Waals surface area contributed by atoms with E-state index in [1.54, 1.807) is 11.3 Å². The number of nitrogens with one attached hydrogen (secondary N) is 1. The van der Waals surface area contributed by atoms with E-state index in [0.29, 0.717) is 11.5 Å². The van der Waals surface area contributed by atoms with Crippen LogP contribution >= 0.6 is 11.3 Å². The molecule has 21 heavy (non-hydrogen) atoms. The lowest BCUT2D eigenvalue weighted by Crippen LogP contribution is -2.11. The van der Waals surface area contributed by atoms with Gasteiger partial charge in [-0.2, -0.15) is 4.98 Å². The quantitative estimate of drug-likeness (QED) is 0.609. The van der Waals surface area contributed by atoms with Gasteiger partial charge in [0.2, 0.25) is 0 Å². The van der Waals surface area contributed by atoms with Gasteiger partial charge in [-0.25, -0.2) is 4.79 Å². The molecule has 0 aliphatic carbocycles. The predicted molar refractivity (Wildman–Crippen MR) is 83.4 cm³/mol. The summed E-state index contributed by atoms with van der Waals surface area (Å²) in [5.74, 6) is 0.597. The molecule has 0 bridgehead atoms. The molecular weight excluding hydrogens is 284 g/mol. The Hall–Kier alpha value is -2.66. The molecule has 0 fully saturated rings. The summed E-state index contributed by atoms with van der Waals surface area (Å²) in [5.41, 5.74) is 1.70. The highest BCUT2D eigenvalue weighted by Gasteiger charge is 2.10. The van der Waals surface area contributed by atoms with Gasteiger partial charge in [-0.15, -0.1) is 11.3 Å². The lowest BCUT2D eigenvalue weighted by atomic mass is 10.2. The molecule has 0 unspecified atom stereocenters. The van der Waals surface area contributed by atoms with Crippen LogP contribution in [-0.4, -0.2) is 9.97 Å². The Kier molecular flexibility index (Phi) is 2.72. The molecule has 0 aliphatic heterocycles. The number of aromatic nitrogens is 2. The van der Waals surface area contributed by atoms with Gasteiger partial charge < -0.3 is 9.40 Å². The van der Waals surface area contributed by atoms with E-state index in [4.69, 9.17) is 4.42 Å². The number of fused-ring (bicyclic) bond motifs is 1. The molecule has 0 radical (unpaired) electrons. The standard InChI is InChI=1S/C16H10N2O2S/c19-16-17-11(9-12(18-16)15-6-3-7-21-15)14-8-10-4-1-2-5-13(10)20-14/h1-9H,(H,17,18,19). The molecule has 0 spiro atoms. The lowest BCUT2D eigenvalue weighted by molar-refractivity contribution is 0.628. The van der Waals surface area contributed by atoms with Crippen LogP contribution in [0.15, 0.2) is 63.1 Å². The third-order valence-corrected chi connectivity index (χ3v) is 4.11. The van der Waals surface area contributed by atoms with Crippen LogP contribution in [0.1, 0.15) is 0 Å². The Labute approximate surface area is 123 Å². The summed E-state index contributed by atoms with van der Waals surface area (Å²) in [6.07, 6.45) is 0. The van der Waals surface area contributed by atoms with Crippen molar-refractivity contribution in [2.24, 2.45) is 0 Å². The monoisotopic (exact) mass is 294 g/mol. The van der Waals surface area contributed by atoms with Crippen LogP contribution in [0.5, 0.6) is 0 Å². The van der Waals surface area contributed by atoms with E-state index >= 15 is 0 Å². The van der Waals surface area contributed by atoms with Crippen molar-refractivity contribution < 1.29 is 4.42 Å². The molecule has 0 saturated heterocycles. The van der Waals surface area contributed by atoms with Crippen molar-refractivity contribution in [2.75, 3.05) is 0 Å².